The molecule has 0 fully saturated rings. The summed E-state index contributed by atoms with van der Waals surface area (Å²) in [6.07, 6.45) is 0.229. The van der Waals surface area contributed by atoms with E-state index in [0.29, 0.717) is 0 Å². The van der Waals surface area contributed by atoms with Gasteiger partial charge in [-0.15, -0.1) is 0 Å². The molecule has 0 rings (SSSR count). The van der Waals surface area contributed by atoms with E-state index < -0.39 is 29.2 Å². The van der Waals surface area contributed by atoms with E-state index in [0.717, 1.165) is 0 Å². The molecule has 0 aliphatic carbocycles. The first-order chi connectivity index (χ1) is 7.14. The first-order valence-corrected chi connectivity index (χ1v) is 9.69. The van der Waals surface area contributed by atoms with Gasteiger partial charge in [-0.3, -0.25) is 0 Å². The summed E-state index contributed by atoms with van der Waals surface area (Å²) in [6.45, 7) is 5.49. The molecule has 92 valence electrons. The standard InChI is InChI=1S/C9H16FN2O2PS/c1-8(9(6-11)7-12)15(2,3)4-5-16(10,13)14/h8-9,15H,4-5H2,1-3H3. The van der Waals surface area contributed by atoms with Crippen molar-refractivity contribution >= 4 is 17.5 Å². The molecule has 0 saturated heterocycles. The van der Waals surface area contributed by atoms with E-state index in [2.05, 4.69) is 0 Å². The van der Waals surface area contributed by atoms with Crippen molar-refractivity contribution in [1.82, 2.24) is 0 Å². The first-order valence-electron chi connectivity index (χ1n) is 4.85. The second-order valence-electron chi connectivity index (χ2n) is 4.51. The Kier molecular flexibility index (Phi) is 5.32. The number of nitrogens with zero attached hydrogens (tertiary/aromatic N) is 2. The molecule has 1 atom stereocenters. The zero-order chi connectivity index (χ0) is 13.0. The van der Waals surface area contributed by atoms with Gasteiger partial charge in [-0.2, -0.15) is 0 Å². The first kappa shape index (κ1) is 15.3. The molecule has 7 heteroatoms. The maximum absolute atomic E-state index is 12.4. The van der Waals surface area contributed by atoms with E-state index >= 15 is 0 Å². The van der Waals surface area contributed by atoms with Crippen LogP contribution in [0.25, 0.3) is 0 Å². The molecule has 0 heterocycles. The van der Waals surface area contributed by atoms with Gasteiger partial charge < -0.3 is 0 Å². The molecule has 0 aliphatic rings. The fraction of sp³-hybridized carbons (Fsp3) is 0.778. The van der Waals surface area contributed by atoms with Gasteiger partial charge in [0, 0.05) is 0 Å². The number of rotatable bonds is 5. The number of hydrogen-bond donors (Lipinski definition) is 0. The Morgan fingerprint density at radius 1 is 1.31 bits per heavy atom. The van der Waals surface area contributed by atoms with Gasteiger partial charge in [-0.05, 0) is 0 Å². The molecule has 16 heavy (non-hydrogen) atoms. The van der Waals surface area contributed by atoms with Crippen LogP contribution in [0.5, 0.6) is 0 Å². The number of halogens is 1. The molecule has 4 nitrogen and oxygen atoms in total. The molecule has 0 aliphatic heterocycles. The van der Waals surface area contributed by atoms with Crippen LogP contribution in [0.1, 0.15) is 6.92 Å². The van der Waals surface area contributed by atoms with Gasteiger partial charge in [0.05, 0.1) is 0 Å². The van der Waals surface area contributed by atoms with Gasteiger partial charge in [-0.25, -0.2) is 0 Å². The molecular weight excluding hydrogens is 250 g/mol. The molecule has 0 radical (unpaired) electrons. The van der Waals surface area contributed by atoms with Crippen LogP contribution in [0.15, 0.2) is 0 Å². The average Bonchev–Trinajstić information content (AvgIpc) is 2.16. The van der Waals surface area contributed by atoms with Gasteiger partial charge in [0.25, 0.3) is 0 Å². The molecule has 0 aromatic heterocycles. The fourth-order valence-corrected chi connectivity index (χ4v) is 5.90. The maximum atomic E-state index is 12.4. The second kappa shape index (κ2) is 5.57. The quantitative estimate of drug-likeness (QED) is 0.555. The van der Waals surface area contributed by atoms with Crippen molar-refractivity contribution in [2.75, 3.05) is 25.2 Å². The summed E-state index contributed by atoms with van der Waals surface area (Å²) in [7, 11) is -6.55. The normalized spacial score (nSPS) is 15.2. The average molecular weight is 266 g/mol. The fourth-order valence-electron chi connectivity index (χ4n) is 1.32. The zero-order valence-corrected chi connectivity index (χ0v) is 11.4. The SMILES string of the molecule is CC(C(C#N)C#N)[PH](C)(C)CCS(=O)(=O)F. The van der Waals surface area contributed by atoms with Crippen molar-refractivity contribution in [3.05, 3.63) is 0 Å². The van der Waals surface area contributed by atoms with E-state index in [1.54, 1.807) is 6.92 Å². The summed E-state index contributed by atoms with van der Waals surface area (Å²) < 4.78 is 33.3. The molecule has 0 spiro atoms. The summed E-state index contributed by atoms with van der Waals surface area (Å²) in [5.74, 6) is -1.26. The summed E-state index contributed by atoms with van der Waals surface area (Å²) in [5, 5.41) is 17.5. The minimum atomic E-state index is -4.46. The van der Waals surface area contributed by atoms with E-state index in [1.165, 1.54) is 0 Å². The number of nitriles is 2. The Hall–Kier alpha value is -0.710. The van der Waals surface area contributed by atoms with Crippen LogP contribution in [-0.2, 0) is 10.2 Å². The monoisotopic (exact) mass is 266 g/mol. The molecule has 0 amide bonds. The van der Waals surface area contributed by atoms with Crippen molar-refractivity contribution in [3.63, 3.8) is 0 Å². The van der Waals surface area contributed by atoms with Crippen molar-refractivity contribution in [3.8, 4) is 12.1 Å². The topological polar surface area (TPSA) is 81.7 Å². The van der Waals surface area contributed by atoms with Gasteiger partial charge >= 0.3 is 96.2 Å². The van der Waals surface area contributed by atoms with Crippen LogP contribution in [-0.4, -0.2) is 39.3 Å². The Balaban J connectivity index is 4.68. The number of hydrogen-bond acceptors (Lipinski definition) is 4. The molecule has 0 N–H and O–H groups in total. The van der Waals surface area contributed by atoms with Crippen LogP contribution >= 0.6 is 7.26 Å². The molecule has 1 unspecified atom stereocenters. The molecule has 0 aromatic carbocycles. The van der Waals surface area contributed by atoms with E-state index in [4.69, 9.17) is 10.5 Å². The Morgan fingerprint density at radius 3 is 2.06 bits per heavy atom. The predicted octanol–water partition coefficient (Wildman–Crippen LogP) is 1.35. The molecule has 0 bridgehead atoms. The third-order valence-electron chi connectivity index (χ3n) is 3.00. The van der Waals surface area contributed by atoms with Crippen molar-refractivity contribution in [2.45, 2.75) is 12.6 Å². The van der Waals surface area contributed by atoms with E-state index in [1.807, 2.05) is 25.5 Å². The van der Waals surface area contributed by atoms with Crippen LogP contribution in [0.2, 0.25) is 0 Å². The second-order valence-corrected chi connectivity index (χ2v) is 11.4. The zero-order valence-electron chi connectivity index (χ0n) is 9.57. The summed E-state index contributed by atoms with van der Waals surface area (Å²) in [6, 6.07) is 3.77. The Morgan fingerprint density at radius 2 is 1.75 bits per heavy atom. The van der Waals surface area contributed by atoms with Crippen LogP contribution in [0.3, 0.4) is 0 Å². The predicted molar refractivity (Wildman–Crippen MR) is 64.1 cm³/mol. The van der Waals surface area contributed by atoms with Gasteiger partial charge in [0.2, 0.25) is 0 Å². The van der Waals surface area contributed by atoms with Crippen LogP contribution < -0.4 is 0 Å². The summed E-state index contributed by atoms with van der Waals surface area (Å²) in [5.41, 5.74) is -0.177. The molecule has 0 aromatic rings. The van der Waals surface area contributed by atoms with Crippen LogP contribution in [0.4, 0.5) is 3.89 Å². The minimum absolute atomic E-state index is 0.177. The van der Waals surface area contributed by atoms with Gasteiger partial charge in [0.1, 0.15) is 0 Å². The summed E-state index contributed by atoms with van der Waals surface area (Å²) in [4.78, 5) is 0. The van der Waals surface area contributed by atoms with Gasteiger partial charge in [0.15, 0.2) is 0 Å². The summed E-state index contributed by atoms with van der Waals surface area (Å²) >= 11 is 0. The van der Waals surface area contributed by atoms with E-state index in [9.17, 15) is 12.3 Å². The van der Waals surface area contributed by atoms with Gasteiger partial charge in [-0.1, -0.05) is 0 Å². The third kappa shape index (κ3) is 4.88. The van der Waals surface area contributed by atoms with Crippen molar-refractivity contribution < 1.29 is 12.3 Å². The Bertz CT molecular complexity index is 408. The third-order valence-corrected chi connectivity index (χ3v) is 8.39. The van der Waals surface area contributed by atoms with Crippen LogP contribution in [0, 0.1) is 28.6 Å². The molecular formula is C9H16FN2O2PS. The van der Waals surface area contributed by atoms with Crippen molar-refractivity contribution in [1.29, 1.82) is 10.5 Å². The van der Waals surface area contributed by atoms with E-state index in [-0.39, 0.29) is 11.8 Å². The van der Waals surface area contributed by atoms with Crippen molar-refractivity contribution in [2.24, 2.45) is 5.92 Å². The molecule has 0 saturated carbocycles. The Labute approximate surface area is 96.6 Å².